The molecule has 0 bridgehead atoms. The van der Waals surface area contributed by atoms with Crippen molar-refractivity contribution in [1.29, 1.82) is 0 Å². The van der Waals surface area contributed by atoms with E-state index >= 15 is 0 Å². The molecule has 0 aliphatic carbocycles. The van der Waals surface area contributed by atoms with Gasteiger partial charge >= 0.3 is 11.3 Å². The maximum absolute atomic E-state index is 11.8. The van der Waals surface area contributed by atoms with Gasteiger partial charge in [-0.2, -0.15) is 0 Å². The summed E-state index contributed by atoms with van der Waals surface area (Å²) < 4.78 is 6.30. The Morgan fingerprint density at radius 2 is 1.71 bits per heavy atom. The van der Waals surface area contributed by atoms with Crippen LogP contribution in [0.15, 0.2) is 63.9 Å². The molecule has 5 heteroatoms. The molecule has 0 amide bonds. The third-order valence-electron chi connectivity index (χ3n) is 2.83. The van der Waals surface area contributed by atoms with Gasteiger partial charge in [-0.25, -0.2) is 4.79 Å². The summed E-state index contributed by atoms with van der Waals surface area (Å²) in [4.78, 5) is 11.8. The molecule has 0 unspecified atom stereocenters. The lowest BCUT2D eigenvalue weighted by atomic mass is 10.2. The van der Waals surface area contributed by atoms with Gasteiger partial charge in [-0.05, 0) is 34.2 Å². The minimum Gasteiger partial charge on any atom is -0.281 e. The van der Waals surface area contributed by atoms with Gasteiger partial charge in [0, 0.05) is 28.6 Å². The maximum atomic E-state index is 11.8. The fourth-order valence-electron chi connectivity index (χ4n) is 1.80. The van der Waals surface area contributed by atoms with E-state index in [1.54, 1.807) is 24.3 Å². The van der Waals surface area contributed by atoms with Crippen LogP contribution in [0.4, 0.5) is 0 Å². The van der Waals surface area contributed by atoms with Crippen molar-refractivity contribution < 1.29 is 9.20 Å². The molecule has 2 aromatic carbocycles. The number of H-pyrrole nitrogens is 1. The van der Waals surface area contributed by atoms with Crippen LogP contribution in [0.5, 0.6) is 0 Å². The molecule has 0 aliphatic rings. The smallest absolute Gasteiger partial charge is 0.281 e. The van der Waals surface area contributed by atoms with E-state index in [1.165, 1.54) is 4.68 Å². The molecule has 0 spiro atoms. The summed E-state index contributed by atoms with van der Waals surface area (Å²) in [6, 6.07) is 16.4. The van der Waals surface area contributed by atoms with Crippen LogP contribution in [0.1, 0.15) is 11.3 Å². The molecule has 0 fully saturated rings. The van der Waals surface area contributed by atoms with E-state index in [0.29, 0.717) is 10.7 Å². The third kappa shape index (κ3) is 2.88. The zero-order valence-electron chi connectivity index (χ0n) is 10.8. The molecule has 21 heavy (non-hydrogen) atoms. The molecular weight excluding hydrogens is 288 g/mol. The van der Waals surface area contributed by atoms with Crippen LogP contribution in [0, 0.1) is 11.8 Å². The molecule has 0 radical (unpaired) electrons. The molecule has 102 valence electrons. The Bertz CT molecular complexity index is 868. The lowest BCUT2D eigenvalue weighted by molar-refractivity contribution is -0.672. The molecule has 0 saturated heterocycles. The van der Waals surface area contributed by atoms with Crippen molar-refractivity contribution in [3.8, 4) is 17.5 Å². The maximum Gasteiger partial charge on any atom is 0.444 e. The van der Waals surface area contributed by atoms with Gasteiger partial charge in [0.15, 0.2) is 0 Å². The number of benzene rings is 2. The largest absolute Gasteiger partial charge is 0.444 e. The van der Waals surface area contributed by atoms with Gasteiger partial charge in [0.25, 0.3) is 0 Å². The van der Waals surface area contributed by atoms with E-state index in [1.807, 2.05) is 30.3 Å². The molecule has 0 aliphatic heterocycles. The minimum atomic E-state index is -0.520. The molecule has 3 rings (SSSR count). The Balaban J connectivity index is 2.04. The van der Waals surface area contributed by atoms with Crippen LogP contribution in [-0.4, -0.2) is 5.27 Å². The van der Waals surface area contributed by atoms with Gasteiger partial charge in [-0.1, -0.05) is 35.7 Å². The molecular formula is C16H10ClN2O2+. The first-order chi connectivity index (χ1) is 10.2. The van der Waals surface area contributed by atoms with Crippen LogP contribution in [0.2, 0.25) is 5.02 Å². The first kappa shape index (κ1) is 13.2. The van der Waals surface area contributed by atoms with E-state index < -0.39 is 5.63 Å². The van der Waals surface area contributed by atoms with Gasteiger partial charge in [0.2, 0.25) is 5.69 Å². The van der Waals surface area contributed by atoms with Crippen molar-refractivity contribution >= 4 is 11.6 Å². The molecule has 3 aromatic rings. The molecule has 1 N–H and O–H groups in total. The highest BCUT2D eigenvalue weighted by atomic mass is 35.5. The number of hydrogen-bond donors (Lipinski definition) is 1. The summed E-state index contributed by atoms with van der Waals surface area (Å²) in [5.41, 5.74) is 1.23. The topological polar surface area (TPSA) is 49.9 Å². The van der Waals surface area contributed by atoms with Gasteiger partial charge in [-0.15, -0.1) is 0 Å². The van der Waals surface area contributed by atoms with Crippen LogP contribution in [0.3, 0.4) is 0 Å². The van der Waals surface area contributed by atoms with Gasteiger partial charge in [0.05, 0.1) is 0 Å². The Morgan fingerprint density at radius 3 is 2.43 bits per heavy atom. The lowest BCUT2D eigenvalue weighted by Gasteiger charge is -1.90. The summed E-state index contributed by atoms with van der Waals surface area (Å²) in [7, 11) is 0. The van der Waals surface area contributed by atoms with Gasteiger partial charge in [0.1, 0.15) is 0 Å². The summed E-state index contributed by atoms with van der Waals surface area (Å²) in [5.74, 6) is 5.77. The standard InChI is InChI=1S/C16H9ClN2O2/c17-13-7-9-14(10-8-13)19-15(16(20)21-18-19)11-6-12-4-2-1-3-5-12/h1-5,7-10H/p+1. The third-order valence-corrected chi connectivity index (χ3v) is 3.08. The van der Waals surface area contributed by atoms with E-state index in [4.69, 9.17) is 16.1 Å². The number of nitrogens with one attached hydrogen (secondary N) is 1. The summed E-state index contributed by atoms with van der Waals surface area (Å²) in [6.45, 7) is 0. The predicted octanol–water partition coefficient (Wildman–Crippen LogP) is 2.30. The predicted molar refractivity (Wildman–Crippen MR) is 78.3 cm³/mol. The van der Waals surface area contributed by atoms with E-state index in [0.717, 1.165) is 5.56 Å². The van der Waals surface area contributed by atoms with E-state index in [-0.39, 0.29) is 5.69 Å². The van der Waals surface area contributed by atoms with Crippen molar-refractivity contribution in [1.82, 2.24) is 5.27 Å². The Labute approximate surface area is 125 Å². The normalized spacial score (nSPS) is 9.95. The summed E-state index contributed by atoms with van der Waals surface area (Å²) >= 11 is 5.85. The Morgan fingerprint density at radius 1 is 1.00 bits per heavy atom. The van der Waals surface area contributed by atoms with Crippen molar-refractivity contribution in [2.75, 3.05) is 0 Å². The van der Waals surface area contributed by atoms with Crippen molar-refractivity contribution in [2.45, 2.75) is 0 Å². The van der Waals surface area contributed by atoms with Gasteiger partial charge < -0.3 is 0 Å². The van der Waals surface area contributed by atoms with E-state index in [2.05, 4.69) is 17.1 Å². The lowest BCUT2D eigenvalue weighted by Crippen LogP contribution is -2.37. The SMILES string of the molecule is O=c1o[nH][n+](-c2ccc(Cl)cc2)c1C#Cc1ccccc1. The summed E-state index contributed by atoms with van der Waals surface area (Å²) in [5, 5.41) is 3.14. The minimum absolute atomic E-state index is 0.223. The highest BCUT2D eigenvalue weighted by Crippen LogP contribution is 2.09. The molecule has 0 atom stereocenters. The summed E-state index contributed by atoms with van der Waals surface area (Å²) in [6.07, 6.45) is 0. The van der Waals surface area contributed by atoms with Crippen LogP contribution in [0.25, 0.3) is 5.69 Å². The molecule has 0 saturated carbocycles. The fraction of sp³-hybridized carbons (Fsp3) is 0. The van der Waals surface area contributed by atoms with E-state index in [9.17, 15) is 4.79 Å². The fourth-order valence-corrected chi connectivity index (χ4v) is 1.93. The number of nitrogens with zero attached hydrogens (tertiary/aromatic N) is 1. The average molecular weight is 298 g/mol. The molecule has 4 nitrogen and oxygen atoms in total. The molecule has 1 aromatic heterocycles. The Kier molecular flexibility index (Phi) is 3.59. The zero-order chi connectivity index (χ0) is 14.7. The zero-order valence-corrected chi connectivity index (χ0v) is 11.6. The molecule has 1 heterocycles. The number of rotatable bonds is 1. The highest BCUT2D eigenvalue weighted by Gasteiger charge is 2.21. The first-order valence-electron chi connectivity index (χ1n) is 6.20. The second-order valence-electron chi connectivity index (χ2n) is 4.26. The van der Waals surface area contributed by atoms with Crippen molar-refractivity contribution in [2.24, 2.45) is 0 Å². The van der Waals surface area contributed by atoms with Crippen LogP contribution in [-0.2, 0) is 0 Å². The van der Waals surface area contributed by atoms with Crippen LogP contribution < -0.4 is 10.3 Å². The number of aromatic amines is 1. The second-order valence-corrected chi connectivity index (χ2v) is 4.69. The highest BCUT2D eigenvalue weighted by molar-refractivity contribution is 6.30. The number of halogens is 1. The van der Waals surface area contributed by atoms with Crippen molar-refractivity contribution in [3.05, 3.63) is 81.3 Å². The first-order valence-corrected chi connectivity index (χ1v) is 6.58. The number of aromatic nitrogens is 2. The average Bonchev–Trinajstić information content (AvgIpc) is 2.88. The Hall–Kier alpha value is -2.77. The van der Waals surface area contributed by atoms with Crippen molar-refractivity contribution in [3.63, 3.8) is 0 Å². The van der Waals surface area contributed by atoms with Gasteiger partial charge in [-0.3, -0.25) is 4.52 Å². The van der Waals surface area contributed by atoms with Crippen LogP contribution >= 0.6 is 11.6 Å². The quantitative estimate of drug-likeness (QED) is 0.553. The second kappa shape index (κ2) is 5.70. The monoisotopic (exact) mass is 297 g/mol. The number of hydrogen-bond acceptors (Lipinski definition) is 2.